The van der Waals surface area contributed by atoms with Crippen molar-refractivity contribution in [3.63, 3.8) is 0 Å². The number of rotatable bonds is 0. The van der Waals surface area contributed by atoms with Gasteiger partial charge in [-0.15, -0.1) is 23.5 Å². The van der Waals surface area contributed by atoms with E-state index in [2.05, 4.69) is 421 Å². The lowest BCUT2D eigenvalue weighted by Gasteiger charge is -2.79. The molecule has 0 saturated carbocycles. The van der Waals surface area contributed by atoms with Crippen molar-refractivity contribution in [1.82, 2.24) is 19.6 Å². The number of thioether (sulfide) groups is 2. The van der Waals surface area contributed by atoms with Crippen molar-refractivity contribution in [2.45, 2.75) is 462 Å². The molecule has 0 aliphatic carbocycles. The highest BCUT2D eigenvalue weighted by molar-refractivity contribution is 8.15. The summed E-state index contributed by atoms with van der Waals surface area (Å²) >= 11 is 3.76. The van der Waals surface area contributed by atoms with Crippen molar-refractivity contribution in [3.8, 4) is 0 Å². The molecular formula is C90H174N10OS2. The Bertz CT molecular complexity index is 3190. The topological polar surface area (TPSA) is 96.3 Å². The van der Waals surface area contributed by atoms with Crippen molar-refractivity contribution in [2.75, 3.05) is 27.2 Å². The average molecular weight is 1480 g/mol. The van der Waals surface area contributed by atoms with E-state index >= 15 is 0 Å². The van der Waals surface area contributed by atoms with E-state index in [0.717, 1.165) is 17.6 Å². The van der Waals surface area contributed by atoms with Gasteiger partial charge in [-0.1, -0.05) is 125 Å². The molecular weight excluding hydrogens is 1300 g/mol. The maximum atomic E-state index is 5.77. The minimum atomic E-state index is -0.150. The lowest BCUT2D eigenvalue weighted by molar-refractivity contribution is -0.293. The summed E-state index contributed by atoms with van der Waals surface area (Å²) in [6.45, 7) is 126. The Morgan fingerprint density at radius 3 is 0.816 bits per heavy atom. The molecule has 0 radical (unpaired) electrons. The Balaban J connectivity index is 0.000000308. The fourth-order valence-corrected chi connectivity index (χ4v) is 21.7. The van der Waals surface area contributed by atoms with E-state index in [0.29, 0.717) is 43.6 Å². The molecule has 0 aromatic carbocycles. The highest BCUT2D eigenvalue weighted by atomic mass is 32.2. The molecule has 0 amide bonds. The zero-order valence-corrected chi connectivity index (χ0v) is 81.0. The van der Waals surface area contributed by atoms with Crippen LogP contribution in [0.3, 0.4) is 0 Å². The van der Waals surface area contributed by atoms with E-state index in [9.17, 15) is 0 Å². The van der Waals surface area contributed by atoms with Crippen molar-refractivity contribution in [3.05, 3.63) is 0 Å². The summed E-state index contributed by atoms with van der Waals surface area (Å²) in [5, 5.41) is 2.44. The predicted octanol–water partition coefficient (Wildman–Crippen LogP) is 24.8. The molecule has 0 spiro atoms. The van der Waals surface area contributed by atoms with Crippen LogP contribution in [0.25, 0.3) is 0 Å². The maximum Gasteiger partial charge on any atom is 0.181 e. The molecule has 0 aromatic heterocycles. The van der Waals surface area contributed by atoms with Gasteiger partial charge in [0.2, 0.25) is 0 Å². The summed E-state index contributed by atoms with van der Waals surface area (Å²) in [5.74, 6) is 3.08. The first-order chi connectivity index (χ1) is 44.4. The normalized spacial score (nSPS) is 33.9. The molecule has 11 rings (SSSR count). The number of likely N-dealkylation sites (N-methyl/N-ethyl adjacent to an activating group) is 1. The van der Waals surface area contributed by atoms with E-state index < -0.39 is 0 Å². The van der Waals surface area contributed by atoms with Crippen LogP contribution in [0.5, 0.6) is 0 Å². The van der Waals surface area contributed by atoms with Crippen LogP contribution in [0.4, 0.5) is 0 Å². The highest BCUT2D eigenvalue weighted by Crippen LogP contribution is 2.74. The number of fused-ring (bicyclic) bond motifs is 5. The number of piperidine rings is 4. The van der Waals surface area contributed by atoms with E-state index in [4.69, 9.17) is 14.7 Å². The summed E-state index contributed by atoms with van der Waals surface area (Å²) in [6, 6.07) is 0. The van der Waals surface area contributed by atoms with Crippen molar-refractivity contribution in [1.29, 1.82) is 0 Å². The van der Waals surface area contributed by atoms with Gasteiger partial charge in [-0.25, -0.2) is 4.99 Å². The van der Waals surface area contributed by atoms with Crippen LogP contribution in [0, 0.1) is 54.1 Å². The monoisotopic (exact) mass is 1480 g/mol. The third-order valence-corrected chi connectivity index (χ3v) is 39.5. The third-order valence-electron chi connectivity index (χ3n) is 36.7. The summed E-state index contributed by atoms with van der Waals surface area (Å²) in [5.41, 5.74) is 5.77. The number of nitrogens with zero attached hydrogens (tertiary/aromatic N) is 10. The maximum absolute atomic E-state index is 5.77. The van der Waals surface area contributed by atoms with Gasteiger partial charge in [0.15, 0.2) is 5.90 Å². The fourth-order valence-electron chi connectivity index (χ4n) is 19.1. The van der Waals surface area contributed by atoms with Gasteiger partial charge in [0.1, 0.15) is 5.60 Å². The molecule has 0 atom stereocenters. The number of amidine groups is 2. The first-order valence-corrected chi connectivity index (χ1v) is 41.6. The lowest BCUT2D eigenvalue weighted by atomic mass is 9.37. The van der Waals surface area contributed by atoms with E-state index in [1.807, 2.05) is 30.4 Å². The molecule has 11 nitrogen and oxygen atoms in total. The number of hydrogen-bond donors (Lipinski definition) is 0. The van der Waals surface area contributed by atoms with Crippen LogP contribution in [0.1, 0.15) is 380 Å². The van der Waals surface area contributed by atoms with Crippen LogP contribution in [-0.4, -0.2) is 162 Å². The molecule has 103 heavy (non-hydrogen) atoms. The Morgan fingerprint density at radius 2 is 0.592 bits per heavy atom. The SMILES string of the molecule is CC1(C)N2CC(C)(C1(C)C)C(C)(C)C2(C)C.CC1(C)N2CCC(C)(C1(C)C)C(C)(C)C2(C)C.CC1=NC(C)(C)C(C)(C)C(C)(C)N1C.CC1=NC(C)(C)C(C)(C)C(C)(C)O1.CC1=NC(C)(C)C(C)(C)C1(C)C.CC1=NC(C)(C)C(C)(C)N1C.CC1=NC(C)(C)C(C)(C)S1.CC1=NC(C)(C)C(C)(C)S1. The second kappa shape index (κ2) is 27.2. The summed E-state index contributed by atoms with van der Waals surface area (Å²) in [4.78, 5) is 37.8. The molecule has 5 saturated heterocycles. The number of ether oxygens (including phenoxy) is 1. The van der Waals surface area contributed by atoms with Crippen LogP contribution in [0.15, 0.2) is 30.0 Å². The van der Waals surface area contributed by atoms with Crippen molar-refractivity contribution in [2.24, 2.45) is 84.1 Å². The zero-order chi connectivity index (χ0) is 82.8. The molecule has 602 valence electrons. The smallest absolute Gasteiger partial charge is 0.181 e. The van der Waals surface area contributed by atoms with Gasteiger partial charge >= 0.3 is 0 Å². The minimum absolute atomic E-state index is 0.00704. The molecule has 4 bridgehead atoms. The lowest BCUT2D eigenvalue weighted by Crippen LogP contribution is -2.82. The molecule has 0 N–H and O–H groups in total. The quantitative estimate of drug-likeness (QED) is 0.238. The van der Waals surface area contributed by atoms with Crippen LogP contribution >= 0.6 is 23.5 Å². The average Bonchev–Trinajstić information content (AvgIpc) is 1.65. The Morgan fingerprint density at radius 1 is 0.291 bits per heavy atom. The second-order valence-corrected chi connectivity index (χ2v) is 49.4. The molecule has 0 unspecified atom stereocenters. The zero-order valence-electron chi connectivity index (χ0n) is 79.3. The Hall–Kier alpha value is -1.96. The second-order valence-electron chi connectivity index (χ2n) is 45.7. The summed E-state index contributed by atoms with van der Waals surface area (Å²) in [6.07, 6.45) is 1.33. The van der Waals surface area contributed by atoms with Crippen molar-refractivity contribution >= 4 is 56.9 Å². The largest absolute Gasteiger partial charge is 0.475 e. The van der Waals surface area contributed by atoms with Gasteiger partial charge in [-0.3, -0.25) is 34.8 Å². The van der Waals surface area contributed by atoms with Gasteiger partial charge in [-0.2, -0.15) is 0 Å². The molecule has 13 heteroatoms. The van der Waals surface area contributed by atoms with Crippen LogP contribution < -0.4 is 0 Å². The van der Waals surface area contributed by atoms with Gasteiger partial charge in [-0.05, 0) is 293 Å². The van der Waals surface area contributed by atoms with Gasteiger partial charge in [0.05, 0.1) is 60.5 Å². The predicted molar refractivity (Wildman–Crippen MR) is 466 cm³/mol. The molecule has 11 aliphatic heterocycles. The number of aliphatic imine (C=N–C) groups is 6. The fraction of sp³-hybridized carbons (Fsp3) is 0.933. The molecule has 11 heterocycles. The highest BCUT2D eigenvalue weighted by Gasteiger charge is 2.77. The first kappa shape index (κ1) is 95.2. The summed E-state index contributed by atoms with van der Waals surface area (Å²) in [7, 11) is 4.24. The minimum Gasteiger partial charge on any atom is -0.475 e. The molecule has 0 aromatic rings. The van der Waals surface area contributed by atoms with Crippen LogP contribution in [0.2, 0.25) is 0 Å². The summed E-state index contributed by atoms with van der Waals surface area (Å²) < 4.78 is 6.32. The van der Waals surface area contributed by atoms with Gasteiger partial charge in [0, 0.05) is 86.7 Å². The molecule has 11 aliphatic rings. The van der Waals surface area contributed by atoms with Crippen molar-refractivity contribution < 1.29 is 4.74 Å². The van der Waals surface area contributed by atoms with E-state index in [1.165, 1.54) is 35.3 Å². The van der Waals surface area contributed by atoms with E-state index in [-0.39, 0.29) is 92.1 Å². The van der Waals surface area contributed by atoms with E-state index in [1.54, 1.807) is 0 Å². The standard InChI is InChI=1S/C16H31N.C15H29N.C12H24N2.C11H21NO.C11H21N.C9H18N2.2C8H15NS/c1-12(2)14(5,6)17-11-10-16(12,9)13(3,4)15(17,7)8;1-11(2)13(5,6)16-10-15(11,9)12(3,4)14(16,7)8;1-9-13-11(4,5)10(2,3)12(6,7)14(9)8;1-8-12-10(4,5)9(2,3)11(6,7)13-8;1-8-9(2,3)10(4,5)11(6,7)12-8;1-7-10-8(2,3)9(4,5)11(7)6;2*1-6-9-7(2,3)8(4,5)10-6/h10-11H2,1-9H3;10H2,1-9H3;1-8H3;1-7H3;1-7H3;1-6H3;2*1-5H3. The van der Waals surface area contributed by atoms with Crippen LogP contribution in [-0.2, 0) is 4.74 Å². The molecule has 5 fully saturated rings. The Labute approximate surface area is 650 Å². The first-order valence-electron chi connectivity index (χ1n) is 39.9. The van der Waals surface area contributed by atoms with Gasteiger partial charge in [0.25, 0.3) is 0 Å². The third kappa shape index (κ3) is 14.6. The van der Waals surface area contributed by atoms with Gasteiger partial charge < -0.3 is 14.5 Å². The number of hydrogen-bond acceptors (Lipinski definition) is 13. The Kier molecular flexibility index (Phi) is 25.1.